The van der Waals surface area contributed by atoms with Gasteiger partial charge in [0, 0.05) is 10.3 Å². The van der Waals surface area contributed by atoms with Gasteiger partial charge < -0.3 is 0 Å². The highest BCUT2D eigenvalue weighted by Gasteiger charge is 1.87. The first-order valence-electron chi connectivity index (χ1n) is 5.32. The smallest absolute Gasteiger partial charge is 0.150 e. The number of hydrogen-bond acceptors (Lipinski definition) is 2. The van der Waals surface area contributed by atoms with Gasteiger partial charge in [0.2, 0.25) is 0 Å². The minimum absolute atomic E-state index is 0.729. The number of thiophene rings is 1. The van der Waals surface area contributed by atoms with Crippen LogP contribution in [-0.4, -0.2) is 6.29 Å². The summed E-state index contributed by atoms with van der Waals surface area (Å²) in [5.41, 5.74) is 0.729. The quantitative estimate of drug-likeness (QED) is 0.576. The molecular formula is C15H12OS. The Balaban J connectivity index is 0.000000128. The lowest BCUT2D eigenvalue weighted by Crippen LogP contribution is -1.73. The Morgan fingerprint density at radius 3 is 2.18 bits per heavy atom. The Labute approximate surface area is 104 Å². The van der Waals surface area contributed by atoms with Gasteiger partial charge in [-0.05, 0) is 22.9 Å². The highest BCUT2D eigenvalue weighted by Crippen LogP contribution is 2.18. The molecular weight excluding hydrogens is 228 g/mol. The third-order valence-corrected chi connectivity index (χ3v) is 3.20. The van der Waals surface area contributed by atoms with Crippen LogP contribution in [0.4, 0.5) is 0 Å². The van der Waals surface area contributed by atoms with Crippen molar-refractivity contribution in [2.75, 3.05) is 0 Å². The van der Waals surface area contributed by atoms with E-state index in [1.165, 1.54) is 10.1 Å². The van der Waals surface area contributed by atoms with Crippen molar-refractivity contribution >= 4 is 27.7 Å². The molecule has 0 radical (unpaired) electrons. The summed E-state index contributed by atoms with van der Waals surface area (Å²) in [6.07, 6.45) is 0.833. The molecule has 2 aromatic carbocycles. The first-order chi connectivity index (χ1) is 8.40. The molecule has 0 saturated heterocycles. The number of benzene rings is 2. The van der Waals surface area contributed by atoms with E-state index in [9.17, 15) is 4.79 Å². The van der Waals surface area contributed by atoms with Crippen LogP contribution in [0.1, 0.15) is 10.4 Å². The van der Waals surface area contributed by atoms with Gasteiger partial charge in [0.15, 0.2) is 0 Å². The van der Waals surface area contributed by atoms with Crippen LogP contribution >= 0.6 is 11.3 Å². The molecule has 3 aromatic rings. The van der Waals surface area contributed by atoms with Crippen molar-refractivity contribution in [2.24, 2.45) is 0 Å². The predicted molar refractivity (Wildman–Crippen MR) is 73.7 cm³/mol. The van der Waals surface area contributed by atoms with Crippen molar-refractivity contribution in [3.8, 4) is 0 Å². The van der Waals surface area contributed by atoms with E-state index in [-0.39, 0.29) is 0 Å². The monoisotopic (exact) mass is 240 g/mol. The molecule has 0 N–H and O–H groups in total. The number of aldehydes is 1. The van der Waals surface area contributed by atoms with Crippen LogP contribution in [0.15, 0.2) is 66.0 Å². The Bertz CT molecular complexity index is 554. The van der Waals surface area contributed by atoms with Crippen molar-refractivity contribution in [3.05, 3.63) is 71.6 Å². The van der Waals surface area contributed by atoms with Gasteiger partial charge in [-0.15, -0.1) is 11.3 Å². The Kier molecular flexibility index (Phi) is 4.05. The second kappa shape index (κ2) is 5.97. The van der Waals surface area contributed by atoms with Gasteiger partial charge in [0.05, 0.1) is 0 Å². The lowest BCUT2D eigenvalue weighted by atomic mass is 10.2. The Hall–Kier alpha value is -1.93. The summed E-state index contributed by atoms with van der Waals surface area (Å²) in [7, 11) is 0. The van der Waals surface area contributed by atoms with E-state index in [1.807, 2.05) is 18.2 Å². The van der Waals surface area contributed by atoms with Crippen LogP contribution in [0.5, 0.6) is 0 Å². The summed E-state index contributed by atoms with van der Waals surface area (Å²) in [5.74, 6) is 0. The number of hydrogen-bond donors (Lipinski definition) is 0. The predicted octanol–water partition coefficient (Wildman–Crippen LogP) is 4.40. The van der Waals surface area contributed by atoms with Gasteiger partial charge in [-0.25, -0.2) is 0 Å². The van der Waals surface area contributed by atoms with E-state index in [0.717, 1.165) is 11.8 Å². The molecule has 0 aliphatic carbocycles. The third kappa shape index (κ3) is 3.26. The molecule has 0 fully saturated rings. The van der Waals surface area contributed by atoms with E-state index in [1.54, 1.807) is 23.5 Å². The first kappa shape index (κ1) is 11.6. The van der Waals surface area contributed by atoms with Crippen molar-refractivity contribution < 1.29 is 4.79 Å². The fourth-order valence-corrected chi connectivity index (χ4v) is 2.23. The fourth-order valence-electron chi connectivity index (χ4n) is 1.44. The van der Waals surface area contributed by atoms with E-state index in [4.69, 9.17) is 0 Å². The molecule has 0 unspecified atom stereocenters. The van der Waals surface area contributed by atoms with Gasteiger partial charge in [-0.2, -0.15) is 0 Å². The summed E-state index contributed by atoms with van der Waals surface area (Å²) in [5, 5.41) is 3.47. The second-order valence-electron chi connectivity index (χ2n) is 3.49. The highest BCUT2D eigenvalue weighted by atomic mass is 32.1. The molecule has 0 atom stereocenters. The molecule has 0 spiro atoms. The molecule has 0 aliphatic rings. The number of rotatable bonds is 1. The van der Waals surface area contributed by atoms with E-state index < -0.39 is 0 Å². The zero-order chi connectivity index (χ0) is 11.9. The number of carbonyl (C=O) groups excluding carboxylic acids is 1. The van der Waals surface area contributed by atoms with E-state index >= 15 is 0 Å². The molecule has 84 valence electrons. The maximum Gasteiger partial charge on any atom is 0.150 e. The van der Waals surface area contributed by atoms with Gasteiger partial charge >= 0.3 is 0 Å². The van der Waals surface area contributed by atoms with Gasteiger partial charge in [-0.1, -0.05) is 48.5 Å². The summed E-state index contributed by atoms with van der Waals surface area (Å²) >= 11 is 1.79. The van der Waals surface area contributed by atoms with Crippen molar-refractivity contribution in [3.63, 3.8) is 0 Å². The topological polar surface area (TPSA) is 17.1 Å². The first-order valence-corrected chi connectivity index (χ1v) is 6.20. The maximum absolute atomic E-state index is 10.0. The minimum Gasteiger partial charge on any atom is -0.298 e. The summed E-state index contributed by atoms with van der Waals surface area (Å²) in [6, 6.07) is 19.6. The summed E-state index contributed by atoms with van der Waals surface area (Å²) in [6.45, 7) is 0. The Morgan fingerprint density at radius 2 is 1.53 bits per heavy atom. The molecule has 0 saturated carbocycles. The highest BCUT2D eigenvalue weighted by molar-refractivity contribution is 7.17. The molecule has 3 rings (SSSR count). The molecule has 17 heavy (non-hydrogen) atoms. The molecule has 1 heterocycles. The van der Waals surface area contributed by atoms with Gasteiger partial charge in [-0.3, -0.25) is 4.79 Å². The van der Waals surface area contributed by atoms with Crippen LogP contribution in [0, 0.1) is 0 Å². The molecule has 0 bridgehead atoms. The van der Waals surface area contributed by atoms with Crippen LogP contribution in [0.25, 0.3) is 10.1 Å². The zero-order valence-electron chi connectivity index (χ0n) is 9.24. The maximum atomic E-state index is 10.0. The van der Waals surface area contributed by atoms with E-state index in [2.05, 4.69) is 35.7 Å². The molecule has 0 aliphatic heterocycles. The normalized spacial score (nSPS) is 9.41. The number of carbonyl (C=O) groups is 1. The zero-order valence-corrected chi connectivity index (χ0v) is 10.1. The standard InChI is InChI=1S/C8H6S.C7H6O/c1-2-4-8-7(3-1)5-6-9-8;8-6-7-4-2-1-3-5-7/h1-6H;1-6H. The molecule has 1 nitrogen and oxygen atoms in total. The Morgan fingerprint density at radius 1 is 0.824 bits per heavy atom. The van der Waals surface area contributed by atoms with Gasteiger partial charge in [0.25, 0.3) is 0 Å². The summed E-state index contributed by atoms with van der Waals surface area (Å²) < 4.78 is 1.37. The van der Waals surface area contributed by atoms with E-state index in [0.29, 0.717) is 0 Å². The summed E-state index contributed by atoms with van der Waals surface area (Å²) in [4.78, 5) is 10.0. The minimum atomic E-state index is 0.729. The SMILES string of the molecule is O=Cc1ccccc1.c1ccc2sccc2c1. The van der Waals surface area contributed by atoms with Crippen molar-refractivity contribution in [2.45, 2.75) is 0 Å². The number of fused-ring (bicyclic) bond motifs is 1. The fraction of sp³-hybridized carbons (Fsp3) is 0. The van der Waals surface area contributed by atoms with Crippen molar-refractivity contribution in [1.29, 1.82) is 0 Å². The van der Waals surface area contributed by atoms with Crippen LogP contribution in [-0.2, 0) is 0 Å². The molecule has 1 aromatic heterocycles. The second-order valence-corrected chi connectivity index (χ2v) is 4.43. The van der Waals surface area contributed by atoms with Crippen molar-refractivity contribution in [1.82, 2.24) is 0 Å². The third-order valence-electron chi connectivity index (χ3n) is 2.30. The van der Waals surface area contributed by atoms with Gasteiger partial charge in [0.1, 0.15) is 6.29 Å². The van der Waals surface area contributed by atoms with Crippen LogP contribution in [0.3, 0.4) is 0 Å². The average molecular weight is 240 g/mol. The van der Waals surface area contributed by atoms with Crippen LogP contribution in [0.2, 0.25) is 0 Å². The average Bonchev–Trinajstić information content (AvgIpc) is 2.89. The largest absolute Gasteiger partial charge is 0.298 e. The molecule has 2 heteroatoms. The molecule has 0 amide bonds. The lowest BCUT2D eigenvalue weighted by molar-refractivity contribution is 0.112. The lowest BCUT2D eigenvalue weighted by Gasteiger charge is -1.82. The van der Waals surface area contributed by atoms with Crippen LogP contribution < -0.4 is 0 Å².